The first-order chi connectivity index (χ1) is 4.42. The second-order valence-corrected chi connectivity index (χ2v) is 3.26. The summed E-state index contributed by atoms with van der Waals surface area (Å²) < 4.78 is 32.6. The molecule has 0 aromatic heterocycles. The Morgan fingerprint density at radius 1 is 1.70 bits per heavy atom. The molecule has 0 fully saturated rings. The molecule has 0 aliphatic carbocycles. The van der Waals surface area contributed by atoms with Crippen molar-refractivity contribution in [1.29, 1.82) is 5.41 Å². The smallest absolute Gasteiger partial charge is 0.268 e. The topological polar surface area (TPSA) is 87.5 Å². The number of nitrogens with one attached hydrogen (secondary N) is 1. The van der Waals surface area contributed by atoms with E-state index in [2.05, 4.69) is 4.74 Å². The predicted octanol–water partition coefficient (Wildman–Crippen LogP) is -0.112. The van der Waals surface area contributed by atoms with Gasteiger partial charge in [0.15, 0.2) is 5.90 Å². The van der Waals surface area contributed by atoms with Crippen LogP contribution in [-0.4, -0.2) is 31.2 Å². The number of ether oxygens (including phenoxy) is 1. The van der Waals surface area contributed by atoms with Crippen LogP contribution in [-0.2, 0) is 14.9 Å². The quantitative estimate of drug-likeness (QED) is 0.348. The van der Waals surface area contributed by atoms with E-state index >= 15 is 0 Å². The van der Waals surface area contributed by atoms with Gasteiger partial charge in [-0.25, -0.2) is 0 Å². The van der Waals surface area contributed by atoms with Crippen molar-refractivity contribution in [1.82, 2.24) is 0 Å². The van der Waals surface area contributed by atoms with E-state index in [0.717, 1.165) is 0 Å². The molecule has 0 saturated carbocycles. The summed E-state index contributed by atoms with van der Waals surface area (Å²) in [5.41, 5.74) is 0. The number of hydrogen-bond donors (Lipinski definition) is 2. The molecule has 5 nitrogen and oxygen atoms in total. The van der Waals surface area contributed by atoms with Gasteiger partial charge >= 0.3 is 0 Å². The molecule has 0 unspecified atom stereocenters. The Labute approximate surface area is 59.3 Å². The first-order valence-corrected chi connectivity index (χ1v) is 4.16. The van der Waals surface area contributed by atoms with Gasteiger partial charge in [-0.2, -0.15) is 8.42 Å². The minimum atomic E-state index is -3.94. The van der Waals surface area contributed by atoms with Gasteiger partial charge in [0, 0.05) is 6.92 Å². The molecular weight excluding hydrogens is 158 g/mol. The second kappa shape index (κ2) is 3.52. The SMILES string of the molecule is CC(=N)OCCS(=O)(=O)O. The van der Waals surface area contributed by atoms with E-state index in [1.165, 1.54) is 6.92 Å². The third-order valence-corrected chi connectivity index (χ3v) is 1.34. The molecule has 10 heavy (non-hydrogen) atoms. The lowest BCUT2D eigenvalue weighted by Crippen LogP contribution is -2.12. The molecule has 0 bridgehead atoms. The van der Waals surface area contributed by atoms with Crippen LogP contribution < -0.4 is 0 Å². The molecule has 0 aromatic rings. The summed E-state index contributed by atoms with van der Waals surface area (Å²) in [5, 5.41) is 6.70. The summed E-state index contributed by atoms with van der Waals surface area (Å²) in [4.78, 5) is 0. The summed E-state index contributed by atoms with van der Waals surface area (Å²) in [6, 6.07) is 0. The van der Waals surface area contributed by atoms with Gasteiger partial charge in [0.2, 0.25) is 0 Å². The highest BCUT2D eigenvalue weighted by Gasteiger charge is 2.03. The molecule has 0 atom stereocenters. The van der Waals surface area contributed by atoms with E-state index in [1.54, 1.807) is 0 Å². The van der Waals surface area contributed by atoms with Gasteiger partial charge in [-0.1, -0.05) is 0 Å². The standard InChI is InChI=1S/C4H9NO4S/c1-4(5)9-2-3-10(6,7)8/h5H,2-3H2,1H3,(H,6,7,8). The van der Waals surface area contributed by atoms with Gasteiger partial charge in [-0.05, 0) is 0 Å². The molecule has 0 aromatic carbocycles. The normalized spacial score (nSPS) is 11.0. The fraction of sp³-hybridized carbons (Fsp3) is 0.750. The molecule has 0 saturated heterocycles. The molecule has 0 rings (SSSR count). The van der Waals surface area contributed by atoms with Crippen molar-refractivity contribution >= 4 is 16.0 Å². The van der Waals surface area contributed by atoms with E-state index in [0.29, 0.717) is 0 Å². The highest BCUT2D eigenvalue weighted by atomic mass is 32.2. The lowest BCUT2D eigenvalue weighted by Gasteiger charge is -1.99. The van der Waals surface area contributed by atoms with Crippen molar-refractivity contribution in [2.75, 3.05) is 12.4 Å². The predicted molar refractivity (Wildman–Crippen MR) is 35.8 cm³/mol. The van der Waals surface area contributed by atoms with E-state index in [1.807, 2.05) is 0 Å². The van der Waals surface area contributed by atoms with E-state index in [-0.39, 0.29) is 12.5 Å². The molecule has 0 aliphatic rings. The maximum atomic E-state index is 10.0. The van der Waals surface area contributed by atoms with Crippen molar-refractivity contribution in [3.05, 3.63) is 0 Å². The molecule has 60 valence electrons. The lowest BCUT2D eigenvalue weighted by atomic mass is 10.7. The van der Waals surface area contributed by atoms with Crippen molar-refractivity contribution in [3.8, 4) is 0 Å². The molecule has 0 aliphatic heterocycles. The van der Waals surface area contributed by atoms with Gasteiger partial charge in [0.05, 0.1) is 0 Å². The zero-order chi connectivity index (χ0) is 8.20. The number of rotatable bonds is 3. The molecule has 6 heteroatoms. The Balaban J connectivity index is 3.49. The molecule has 0 amide bonds. The molecule has 0 radical (unpaired) electrons. The van der Waals surface area contributed by atoms with Gasteiger partial charge < -0.3 is 4.74 Å². The monoisotopic (exact) mass is 167 g/mol. The Morgan fingerprint density at radius 3 is 2.50 bits per heavy atom. The van der Waals surface area contributed by atoms with Gasteiger partial charge in [-0.3, -0.25) is 9.96 Å². The van der Waals surface area contributed by atoms with Crippen molar-refractivity contribution in [2.45, 2.75) is 6.92 Å². The summed E-state index contributed by atoms with van der Waals surface area (Å²) in [6.07, 6.45) is 0. The van der Waals surface area contributed by atoms with Crippen LogP contribution in [0.2, 0.25) is 0 Å². The number of hydrogen-bond acceptors (Lipinski definition) is 4. The zero-order valence-corrected chi connectivity index (χ0v) is 6.31. The van der Waals surface area contributed by atoms with Crippen LogP contribution in [0.5, 0.6) is 0 Å². The Bertz CT molecular complexity index is 207. The third-order valence-electron chi connectivity index (χ3n) is 0.660. The summed E-state index contributed by atoms with van der Waals surface area (Å²) >= 11 is 0. The van der Waals surface area contributed by atoms with Crippen LogP contribution in [0.25, 0.3) is 0 Å². The van der Waals surface area contributed by atoms with Crippen molar-refractivity contribution in [3.63, 3.8) is 0 Å². The van der Waals surface area contributed by atoms with Crippen LogP contribution in [0, 0.1) is 5.41 Å². The largest absolute Gasteiger partial charge is 0.480 e. The van der Waals surface area contributed by atoms with E-state index in [9.17, 15) is 8.42 Å². The fourth-order valence-corrected chi connectivity index (χ4v) is 0.594. The zero-order valence-electron chi connectivity index (χ0n) is 5.49. The van der Waals surface area contributed by atoms with Crippen LogP contribution >= 0.6 is 0 Å². The van der Waals surface area contributed by atoms with Crippen LogP contribution in [0.15, 0.2) is 0 Å². The van der Waals surface area contributed by atoms with Crippen LogP contribution in [0.1, 0.15) is 6.92 Å². The minimum absolute atomic E-state index is 0.0661. The van der Waals surface area contributed by atoms with Gasteiger partial charge in [0.1, 0.15) is 12.4 Å². The highest BCUT2D eigenvalue weighted by Crippen LogP contribution is 1.83. The van der Waals surface area contributed by atoms with Gasteiger partial charge in [0.25, 0.3) is 10.1 Å². The lowest BCUT2D eigenvalue weighted by molar-refractivity contribution is 0.318. The minimum Gasteiger partial charge on any atom is -0.480 e. The Kier molecular flexibility index (Phi) is 3.31. The second-order valence-electron chi connectivity index (χ2n) is 1.69. The highest BCUT2D eigenvalue weighted by molar-refractivity contribution is 7.85. The maximum Gasteiger partial charge on any atom is 0.268 e. The fourth-order valence-electron chi connectivity index (χ4n) is 0.300. The molecule has 0 heterocycles. The van der Waals surface area contributed by atoms with Crippen LogP contribution in [0.4, 0.5) is 0 Å². The summed E-state index contributed by atoms with van der Waals surface area (Å²) in [7, 11) is -3.94. The van der Waals surface area contributed by atoms with Crippen molar-refractivity contribution < 1.29 is 17.7 Å². The van der Waals surface area contributed by atoms with E-state index < -0.39 is 15.9 Å². The van der Waals surface area contributed by atoms with E-state index in [4.69, 9.17) is 9.96 Å². The Hall–Kier alpha value is -0.620. The Morgan fingerprint density at radius 2 is 2.20 bits per heavy atom. The molecule has 2 N–H and O–H groups in total. The maximum absolute atomic E-state index is 10.0. The first-order valence-electron chi connectivity index (χ1n) is 2.55. The molecule has 0 spiro atoms. The molecular formula is C4H9NO4S. The third kappa shape index (κ3) is 7.38. The first kappa shape index (κ1) is 9.38. The average molecular weight is 167 g/mol. The van der Waals surface area contributed by atoms with Crippen LogP contribution in [0.3, 0.4) is 0 Å². The van der Waals surface area contributed by atoms with Gasteiger partial charge in [-0.15, -0.1) is 0 Å². The average Bonchev–Trinajstić information content (AvgIpc) is 1.59. The summed E-state index contributed by atoms with van der Waals surface area (Å²) in [5.74, 6) is -0.535. The van der Waals surface area contributed by atoms with Crippen molar-refractivity contribution in [2.24, 2.45) is 0 Å². The summed E-state index contributed by atoms with van der Waals surface area (Å²) in [6.45, 7) is 1.21.